The Kier molecular flexibility index (Phi) is 5.26. The zero-order chi connectivity index (χ0) is 18.6. The van der Waals surface area contributed by atoms with Gasteiger partial charge >= 0.3 is 12.2 Å². The molecule has 5 nitrogen and oxygen atoms in total. The Morgan fingerprint density at radius 2 is 1.76 bits per heavy atom. The maximum absolute atomic E-state index is 13.2. The van der Waals surface area contributed by atoms with Crippen molar-refractivity contribution in [2.24, 2.45) is 10.8 Å². The van der Waals surface area contributed by atoms with Crippen LogP contribution in [-0.2, 0) is 6.18 Å². The molecule has 0 radical (unpaired) electrons. The van der Waals surface area contributed by atoms with Crippen LogP contribution in [-0.4, -0.2) is 24.3 Å². The lowest BCUT2D eigenvalue weighted by Gasteiger charge is -2.13. The van der Waals surface area contributed by atoms with E-state index in [2.05, 4.69) is 5.10 Å². The van der Waals surface area contributed by atoms with Crippen LogP contribution in [0.5, 0.6) is 11.5 Å². The van der Waals surface area contributed by atoms with E-state index in [0.29, 0.717) is 5.01 Å². The van der Waals surface area contributed by atoms with Crippen LogP contribution in [0.2, 0.25) is 0 Å². The monoisotopic (exact) mass is 355 g/mol. The molecule has 9 heteroatoms. The van der Waals surface area contributed by atoms with E-state index in [9.17, 15) is 22.4 Å². The maximum Gasteiger partial charge on any atom is 0.417 e. The van der Waals surface area contributed by atoms with Crippen LogP contribution in [0.25, 0.3) is 0 Å². The van der Waals surface area contributed by atoms with Crippen molar-refractivity contribution in [3.05, 3.63) is 59.4 Å². The molecule has 132 valence electrons. The Morgan fingerprint density at radius 3 is 2.32 bits per heavy atom. The maximum atomic E-state index is 13.2. The molecule has 2 rings (SSSR count). The Labute approximate surface area is 140 Å². The minimum atomic E-state index is -4.67. The number of primary amides is 1. The number of carbonyl (C=O) groups is 1. The molecule has 0 fully saturated rings. The Hall–Kier alpha value is -3.10. The van der Waals surface area contributed by atoms with E-state index in [1.165, 1.54) is 25.2 Å². The van der Waals surface area contributed by atoms with Crippen molar-refractivity contribution in [3.63, 3.8) is 0 Å². The summed E-state index contributed by atoms with van der Waals surface area (Å²) >= 11 is 0. The average molecular weight is 355 g/mol. The number of urea groups is 1. The molecule has 0 aliphatic rings. The van der Waals surface area contributed by atoms with Gasteiger partial charge in [-0.2, -0.15) is 18.3 Å². The van der Waals surface area contributed by atoms with E-state index in [1.807, 2.05) is 0 Å². The van der Waals surface area contributed by atoms with Crippen LogP contribution in [0.3, 0.4) is 0 Å². The third-order valence-electron chi connectivity index (χ3n) is 3.07. The highest BCUT2D eigenvalue weighted by Gasteiger charge is 2.33. The predicted octanol–water partition coefficient (Wildman–Crippen LogP) is 3.98. The zero-order valence-electron chi connectivity index (χ0n) is 12.9. The van der Waals surface area contributed by atoms with Crippen LogP contribution in [0.4, 0.5) is 22.4 Å². The number of halogens is 4. The number of ether oxygens (including phenoxy) is 1. The van der Waals surface area contributed by atoms with Gasteiger partial charge in [-0.05, 0) is 42.5 Å². The van der Waals surface area contributed by atoms with E-state index in [-0.39, 0.29) is 17.1 Å². The topological polar surface area (TPSA) is 67.9 Å². The average Bonchev–Trinajstić information content (AvgIpc) is 2.54. The highest BCUT2D eigenvalue weighted by atomic mass is 19.4. The van der Waals surface area contributed by atoms with Gasteiger partial charge in [0.05, 0.1) is 11.8 Å². The molecule has 2 amide bonds. The van der Waals surface area contributed by atoms with Gasteiger partial charge in [0.25, 0.3) is 0 Å². The van der Waals surface area contributed by atoms with E-state index in [0.717, 1.165) is 30.5 Å². The van der Waals surface area contributed by atoms with Gasteiger partial charge in [0.1, 0.15) is 17.3 Å². The molecule has 2 aromatic rings. The lowest BCUT2D eigenvalue weighted by Crippen LogP contribution is -2.27. The molecular formula is C16H13F4N3O2. The van der Waals surface area contributed by atoms with Gasteiger partial charge in [0.15, 0.2) is 0 Å². The second kappa shape index (κ2) is 7.20. The van der Waals surface area contributed by atoms with E-state index in [4.69, 9.17) is 10.5 Å². The third-order valence-corrected chi connectivity index (χ3v) is 3.07. The number of nitrogens with two attached hydrogens (primary N) is 1. The number of amides is 2. The van der Waals surface area contributed by atoms with Crippen molar-refractivity contribution in [2.45, 2.75) is 6.18 Å². The number of hydrogen-bond acceptors (Lipinski definition) is 3. The molecule has 0 saturated carbocycles. The summed E-state index contributed by atoms with van der Waals surface area (Å²) in [6.07, 6.45) is -3.80. The summed E-state index contributed by atoms with van der Waals surface area (Å²) in [5.74, 6) is -0.391. The summed E-state index contributed by atoms with van der Waals surface area (Å²) in [5, 5.41) is 4.24. The molecule has 2 aromatic carbocycles. The normalized spacial score (nSPS) is 11.6. The molecule has 0 saturated heterocycles. The molecule has 0 aliphatic carbocycles. The smallest absolute Gasteiger partial charge is 0.417 e. The largest absolute Gasteiger partial charge is 0.457 e. The van der Waals surface area contributed by atoms with Gasteiger partial charge in [-0.25, -0.2) is 14.2 Å². The van der Waals surface area contributed by atoms with Gasteiger partial charge < -0.3 is 10.5 Å². The first-order valence-electron chi connectivity index (χ1n) is 6.88. The molecule has 2 N–H and O–H groups in total. The Balaban J connectivity index is 2.33. The van der Waals surface area contributed by atoms with Gasteiger partial charge in [-0.15, -0.1) is 0 Å². The summed E-state index contributed by atoms with van der Waals surface area (Å²) in [6, 6.07) is 7.14. The highest BCUT2D eigenvalue weighted by molar-refractivity contribution is 5.83. The van der Waals surface area contributed by atoms with Crippen molar-refractivity contribution in [2.75, 3.05) is 7.05 Å². The van der Waals surface area contributed by atoms with Crippen LogP contribution < -0.4 is 10.5 Å². The zero-order valence-corrected chi connectivity index (χ0v) is 12.9. The van der Waals surface area contributed by atoms with E-state index >= 15 is 0 Å². The van der Waals surface area contributed by atoms with Gasteiger partial charge in [0, 0.05) is 12.6 Å². The fourth-order valence-electron chi connectivity index (χ4n) is 1.80. The standard InChI is InChI=1S/C16H13F4N3O2/c1-23(15(21)24)22-9-10-2-5-13(8-14(10)16(18,19)20)25-12-6-3-11(17)4-7-12/h2-9H,1H3,(H2,21,24). The van der Waals surface area contributed by atoms with Crippen molar-refractivity contribution in [3.8, 4) is 11.5 Å². The van der Waals surface area contributed by atoms with Crippen molar-refractivity contribution in [1.29, 1.82) is 0 Å². The summed E-state index contributed by atoms with van der Waals surface area (Å²) in [5.41, 5.74) is 3.67. The second-order valence-electron chi connectivity index (χ2n) is 4.91. The number of nitrogens with zero attached hydrogens (tertiary/aromatic N) is 2. The van der Waals surface area contributed by atoms with Crippen LogP contribution in [0, 0.1) is 5.82 Å². The Morgan fingerprint density at radius 1 is 1.16 bits per heavy atom. The first kappa shape index (κ1) is 18.2. The predicted molar refractivity (Wildman–Crippen MR) is 82.9 cm³/mol. The summed E-state index contributed by atoms with van der Waals surface area (Å²) in [7, 11) is 1.21. The SMILES string of the molecule is CN(N=Cc1ccc(Oc2ccc(F)cc2)cc1C(F)(F)F)C(N)=O. The van der Waals surface area contributed by atoms with E-state index < -0.39 is 23.6 Å². The quantitative estimate of drug-likeness (QED) is 0.512. The summed E-state index contributed by atoms with van der Waals surface area (Å²) in [6.45, 7) is 0. The highest BCUT2D eigenvalue weighted by Crippen LogP contribution is 2.35. The first-order valence-corrected chi connectivity index (χ1v) is 6.88. The van der Waals surface area contributed by atoms with Gasteiger partial charge in [-0.3, -0.25) is 0 Å². The molecule has 25 heavy (non-hydrogen) atoms. The molecule has 0 heterocycles. The second-order valence-corrected chi connectivity index (χ2v) is 4.91. The van der Waals surface area contributed by atoms with Crippen molar-refractivity contribution < 1.29 is 27.1 Å². The summed E-state index contributed by atoms with van der Waals surface area (Å²) in [4.78, 5) is 10.8. The van der Waals surface area contributed by atoms with Gasteiger partial charge in [0.2, 0.25) is 0 Å². The van der Waals surface area contributed by atoms with Crippen molar-refractivity contribution in [1.82, 2.24) is 5.01 Å². The first-order chi connectivity index (χ1) is 11.7. The Bertz CT molecular complexity index is 789. The number of alkyl halides is 3. The van der Waals surface area contributed by atoms with E-state index in [1.54, 1.807) is 0 Å². The lowest BCUT2D eigenvalue weighted by molar-refractivity contribution is -0.137. The molecular weight excluding hydrogens is 342 g/mol. The van der Waals surface area contributed by atoms with Crippen LogP contribution >= 0.6 is 0 Å². The molecule has 0 spiro atoms. The minimum absolute atomic E-state index is 0.0839. The summed E-state index contributed by atoms with van der Waals surface area (Å²) < 4.78 is 57.8. The van der Waals surface area contributed by atoms with Crippen LogP contribution in [0.1, 0.15) is 11.1 Å². The molecule has 0 bridgehead atoms. The van der Waals surface area contributed by atoms with Crippen molar-refractivity contribution >= 4 is 12.2 Å². The molecule has 0 atom stereocenters. The number of rotatable bonds is 4. The van der Waals surface area contributed by atoms with Crippen LogP contribution in [0.15, 0.2) is 47.6 Å². The minimum Gasteiger partial charge on any atom is -0.457 e. The fraction of sp³-hybridized carbons (Fsp3) is 0.125. The number of benzene rings is 2. The van der Waals surface area contributed by atoms with Gasteiger partial charge in [-0.1, -0.05) is 0 Å². The lowest BCUT2D eigenvalue weighted by atomic mass is 10.1. The molecule has 0 aliphatic heterocycles. The molecule has 0 aromatic heterocycles. The number of hydrogen-bond donors (Lipinski definition) is 1. The molecule has 0 unspecified atom stereocenters. The number of hydrazone groups is 1. The fourth-order valence-corrected chi connectivity index (χ4v) is 1.80. The third kappa shape index (κ3) is 4.93. The number of carbonyl (C=O) groups excluding carboxylic acids is 1.